The fourth-order valence-electron chi connectivity index (χ4n) is 4.29. The maximum absolute atomic E-state index is 13.8. The van der Waals surface area contributed by atoms with E-state index in [9.17, 15) is 18.8 Å². The molecule has 0 aliphatic carbocycles. The molecule has 1 saturated heterocycles. The van der Waals surface area contributed by atoms with Gasteiger partial charge in [-0.25, -0.2) is 9.18 Å². The fourth-order valence-corrected chi connectivity index (χ4v) is 4.52. The minimum atomic E-state index is -0.447. The predicted octanol–water partition coefficient (Wildman–Crippen LogP) is 4.04. The van der Waals surface area contributed by atoms with Gasteiger partial charge in [0, 0.05) is 43.1 Å². The van der Waals surface area contributed by atoms with Crippen LogP contribution in [0, 0.1) is 5.82 Å². The summed E-state index contributed by atoms with van der Waals surface area (Å²) in [7, 11) is 0. The Bertz CT molecular complexity index is 982. The van der Waals surface area contributed by atoms with Crippen LogP contribution in [0.2, 0.25) is 5.02 Å². The smallest absolute Gasteiger partial charge is 0.327 e. The van der Waals surface area contributed by atoms with E-state index in [2.05, 4.69) is 5.32 Å². The highest BCUT2D eigenvalue weighted by Crippen LogP contribution is 2.30. The third kappa shape index (κ3) is 4.63. The predicted molar refractivity (Wildman–Crippen MR) is 118 cm³/mol. The zero-order chi connectivity index (χ0) is 22.7. The summed E-state index contributed by atoms with van der Waals surface area (Å²) in [5, 5.41) is 2.96. The van der Waals surface area contributed by atoms with E-state index in [0.717, 1.165) is 11.1 Å². The first-order valence-corrected chi connectivity index (χ1v) is 11.2. The average Bonchev–Trinajstić information content (AvgIpc) is 3.01. The lowest BCUT2D eigenvalue weighted by atomic mass is 9.95. The van der Waals surface area contributed by atoms with Crippen molar-refractivity contribution in [2.24, 2.45) is 0 Å². The largest absolute Gasteiger partial charge is 0.352 e. The zero-order valence-electron chi connectivity index (χ0n) is 17.7. The number of hydrogen-bond donors (Lipinski definition) is 1. The van der Waals surface area contributed by atoms with E-state index in [0.29, 0.717) is 38.8 Å². The molecule has 8 heteroatoms. The zero-order valence-corrected chi connectivity index (χ0v) is 18.4. The summed E-state index contributed by atoms with van der Waals surface area (Å²) in [5.41, 5.74) is 2.49. The van der Waals surface area contributed by atoms with Gasteiger partial charge < -0.3 is 10.2 Å². The van der Waals surface area contributed by atoms with Gasteiger partial charge in [-0.2, -0.15) is 0 Å². The molecule has 0 saturated carbocycles. The molecule has 2 heterocycles. The Hall–Kier alpha value is -2.93. The first-order chi connectivity index (χ1) is 15.5. The highest BCUT2D eigenvalue weighted by molar-refractivity contribution is 6.31. The van der Waals surface area contributed by atoms with E-state index in [1.54, 1.807) is 11.0 Å². The Morgan fingerprint density at radius 2 is 1.84 bits per heavy atom. The van der Waals surface area contributed by atoms with Crippen molar-refractivity contribution in [3.05, 3.63) is 70.0 Å². The number of nitrogens with one attached hydrogen (secondary N) is 1. The highest BCUT2D eigenvalue weighted by atomic mass is 35.5. The molecule has 32 heavy (non-hydrogen) atoms. The number of fused-ring (bicyclic) bond motifs is 2. The molecule has 1 N–H and O–H groups in total. The standard InChI is InChI=1S/C24H25ClFN3O3/c25-19-9-6-10-20(26)18(19)14-27-22(30)11-2-1-5-12-28-23(31)21-13-16-7-3-4-8-17(16)15-29(21)24(28)32/h3-4,6-10,21H,1-2,5,11-15H2,(H,27,30)/t21-/m0/s1. The summed E-state index contributed by atoms with van der Waals surface area (Å²) in [6.07, 6.45) is 2.81. The molecule has 4 amide bonds. The second-order valence-corrected chi connectivity index (χ2v) is 8.58. The van der Waals surface area contributed by atoms with Crippen LogP contribution in [0.3, 0.4) is 0 Å². The van der Waals surface area contributed by atoms with E-state index in [1.165, 1.54) is 17.0 Å². The van der Waals surface area contributed by atoms with Gasteiger partial charge in [-0.3, -0.25) is 14.5 Å². The number of carbonyl (C=O) groups is 3. The molecule has 168 valence electrons. The second kappa shape index (κ2) is 9.69. The number of unbranched alkanes of at least 4 members (excludes halogenated alkanes) is 2. The van der Waals surface area contributed by atoms with Crippen LogP contribution in [0.15, 0.2) is 42.5 Å². The molecule has 1 atom stereocenters. The number of imide groups is 1. The van der Waals surface area contributed by atoms with Crippen molar-refractivity contribution in [3.8, 4) is 0 Å². The summed E-state index contributed by atoms with van der Waals surface area (Å²) >= 11 is 5.96. The lowest BCUT2D eigenvalue weighted by molar-refractivity contribution is -0.128. The van der Waals surface area contributed by atoms with E-state index < -0.39 is 11.9 Å². The number of nitrogens with zero attached hydrogens (tertiary/aromatic N) is 2. The molecule has 0 bridgehead atoms. The van der Waals surface area contributed by atoms with Crippen LogP contribution in [0.5, 0.6) is 0 Å². The van der Waals surface area contributed by atoms with Gasteiger partial charge in [0.1, 0.15) is 11.9 Å². The van der Waals surface area contributed by atoms with Crippen LogP contribution in [0.1, 0.15) is 42.4 Å². The van der Waals surface area contributed by atoms with Crippen LogP contribution in [0.4, 0.5) is 9.18 Å². The molecular weight excluding hydrogens is 433 g/mol. The Labute approximate surface area is 191 Å². The fraction of sp³-hybridized carbons (Fsp3) is 0.375. The summed E-state index contributed by atoms with van der Waals surface area (Å²) in [5.74, 6) is -0.770. The van der Waals surface area contributed by atoms with Crippen LogP contribution < -0.4 is 5.32 Å². The van der Waals surface area contributed by atoms with Crippen molar-refractivity contribution in [1.82, 2.24) is 15.1 Å². The minimum absolute atomic E-state index is 0.0424. The van der Waals surface area contributed by atoms with Crippen molar-refractivity contribution < 1.29 is 18.8 Å². The van der Waals surface area contributed by atoms with Gasteiger partial charge in [0.25, 0.3) is 5.91 Å². The Kier molecular flexibility index (Phi) is 6.74. The van der Waals surface area contributed by atoms with E-state index >= 15 is 0 Å². The molecule has 1 fully saturated rings. The summed E-state index contributed by atoms with van der Waals surface area (Å²) in [6, 6.07) is 11.7. The molecule has 4 rings (SSSR count). The first kappa shape index (κ1) is 22.3. The van der Waals surface area contributed by atoms with Gasteiger partial charge >= 0.3 is 6.03 Å². The average molecular weight is 458 g/mol. The SMILES string of the molecule is O=C(CCCCCN1C(=O)[C@@H]2Cc3ccccc3CN2C1=O)NCc1c(F)cccc1Cl. The maximum Gasteiger partial charge on any atom is 0.327 e. The minimum Gasteiger partial charge on any atom is -0.352 e. The van der Waals surface area contributed by atoms with Gasteiger partial charge in [0.15, 0.2) is 0 Å². The van der Waals surface area contributed by atoms with Crippen molar-refractivity contribution in [3.63, 3.8) is 0 Å². The van der Waals surface area contributed by atoms with Gasteiger partial charge in [0.2, 0.25) is 5.91 Å². The molecule has 0 spiro atoms. The lowest BCUT2D eigenvalue weighted by Gasteiger charge is -2.28. The number of benzene rings is 2. The molecular formula is C24H25ClFN3O3. The number of halogens is 2. The maximum atomic E-state index is 13.8. The molecule has 2 aromatic rings. The molecule has 2 aliphatic rings. The van der Waals surface area contributed by atoms with Gasteiger partial charge in [0.05, 0.1) is 0 Å². The van der Waals surface area contributed by atoms with Crippen molar-refractivity contribution >= 4 is 29.4 Å². The third-order valence-electron chi connectivity index (χ3n) is 6.09. The van der Waals surface area contributed by atoms with Gasteiger partial charge in [-0.1, -0.05) is 48.4 Å². The number of rotatable bonds is 8. The molecule has 0 radical (unpaired) electrons. The quantitative estimate of drug-likeness (QED) is 0.480. The molecule has 0 aromatic heterocycles. The van der Waals surface area contributed by atoms with Crippen molar-refractivity contribution in [1.29, 1.82) is 0 Å². The number of carbonyl (C=O) groups excluding carboxylic acids is 3. The van der Waals surface area contributed by atoms with E-state index in [1.807, 2.05) is 24.3 Å². The monoisotopic (exact) mass is 457 g/mol. The van der Waals surface area contributed by atoms with Crippen LogP contribution in [-0.2, 0) is 29.1 Å². The number of amides is 4. The van der Waals surface area contributed by atoms with Crippen LogP contribution in [0.25, 0.3) is 0 Å². The normalized spacial score (nSPS) is 17.4. The molecule has 2 aliphatic heterocycles. The lowest BCUT2D eigenvalue weighted by Crippen LogP contribution is -2.39. The Morgan fingerprint density at radius 1 is 1.06 bits per heavy atom. The number of hydrogen-bond acceptors (Lipinski definition) is 3. The van der Waals surface area contributed by atoms with Gasteiger partial charge in [-0.05, 0) is 36.1 Å². The van der Waals surface area contributed by atoms with Gasteiger partial charge in [-0.15, -0.1) is 0 Å². The number of urea groups is 1. The first-order valence-electron chi connectivity index (χ1n) is 10.8. The summed E-state index contributed by atoms with van der Waals surface area (Å²) < 4.78 is 13.8. The van der Waals surface area contributed by atoms with Crippen molar-refractivity contribution in [2.75, 3.05) is 6.54 Å². The summed E-state index contributed by atoms with van der Waals surface area (Å²) in [4.78, 5) is 40.5. The van der Waals surface area contributed by atoms with E-state index in [4.69, 9.17) is 11.6 Å². The second-order valence-electron chi connectivity index (χ2n) is 8.18. The van der Waals surface area contributed by atoms with E-state index in [-0.39, 0.29) is 41.4 Å². The van der Waals surface area contributed by atoms with Crippen LogP contribution in [-0.4, -0.2) is 40.2 Å². The van der Waals surface area contributed by atoms with Crippen molar-refractivity contribution in [2.45, 2.75) is 51.2 Å². The Balaban J connectivity index is 1.19. The third-order valence-corrected chi connectivity index (χ3v) is 6.44. The highest BCUT2D eigenvalue weighted by Gasteiger charge is 2.46. The topological polar surface area (TPSA) is 69.7 Å². The molecule has 2 aromatic carbocycles. The summed E-state index contributed by atoms with van der Waals surface area (Å²) in [6.45, 7) is 0.863. The van der Waals surface area contributed by atoms with Crippen LogP contribution >= 0.6 is 11.6 Å². The molecule has 0 unspecified atom stereocenters. The molecule has 6 nitrogen and oxygen atoms in total. The Morgan fingerprint density at radius 3 is 2.62 bits per heavy atom.